The van der Waals surface area contributed by atoms with E-state index in [1.807, 2.05) is 19.9 Å². The SMILES string of the molecule is CC(C)=CCn1c(Br)nc2c1c(=O)n(CC(=O)c1cccc3c1oc(=O)n3COCC[Si](C)(C)C)c(=O)n2C. The number of halogens is 1. The van der Waals surface area contributed by atoms with Crippen LogP contribution in [0.1, 0.15) is 24.2 Å². The van der Waals surface area contributed by atoms with Gasteiger partial charge in [0, 0.05) is 28.3 Å². The number of carbonyl (C=O) groups is 1. The Labute approximate surface area is 233 Å². The molecule has 0 aliphatic rings. The van der Waals surface area contributed by atoms with Gasteiger partial charge >= 0.3 is 11.4 Å². The molecule has 0 aliphatic carbocycles. The molecule has 3 heterocycles. The number of ketones is 1. The number of aromatic nitrogens is 5. The zero-order chi connectivity index (χ0) is 28.6. The Morgan fingerprint density at radius 3 is 2.51 bits per heavy atom. The summed E-state index contributed by atoms with van der Waals surface area (Å²) in [6, 6.07) is 5.74. The smallest absolute Gasteiger partial charge is 0.407 e. The highest BCUT2D eigenvalue weighted by Gasteiger charge is 2.23. The number of benzene rings is 1. The van der Waals surface area contributed by atoms with Gasteiger partial charge < -0.3 is 13.7 Å². The Balaban J connectivity index is 1.71. The number of imidazole rings is 1. The van der Waals surface area contributed by atoms with Gasteiger partial charge in [0.15, 0.2) is 27.3 Å². The van der Waals surface area contributed by atoms with E-state index in [-0.39, 0.29) is 29.0 Å². The summed E-state index contributed by atoms with van der Waals surface area (Å²) >= 11 is 3.37. The number of allylic oxidation sites excluding steroid dienone is 2. The maximum Gasteiger partial charge on any atom is 0.421 e. The molecule has 1 aromatic carbocycles. The van der Waals surface area contributed by atoms with E-state index in [0.29, 0.717) is 23.4 Å². The molecule has 0 atom stereocenters. The van der Waals surface area contributed by atoms with Crippen molar-refractivity contribution in [1.29, 1.82) is 0 Å². The van der Waals surface area contributed by atoms with Crippen LogP contribution in [-0.2, 0) is 31.6 Å². The first-order valence-corrected chi connectivity index (χ1v) is 17.0. The average Bonchev–Trinajstić information content (AvgIpc) is 3.36. The van der Waals surface area contributed by atoms with Crippen LogP contribution in [0.5, 0.6) is 0 Å². The lowest BCUT2D eigenvalue weighted by Gasteiger charge is -2.15. The molecular formula is C26H32BrN5O6Si. The van der Waals surface area contributed by atoms with Crippen LogP contribution >= 0.6 is 15.9 Å². The third-order valence-electron chi connectivity index (χ3n) is 6.38. The molecular weight excluding hydrogens is 586 g/mol. The molecule has 0 unspecified atom stereocenters. The van der Waals surface area contributed by atoms with Crippen molar-refractivity contribution in [2.45, 2.75) is 59.4 Å². The lowest BCUT2D eigenvalue weighted by atomic mass is 10.1. The van der Waals surface area contributed by atoms with E-state index in [2.05, 4.69) is 40.6 Å². The molecule has 3 aromatic heterocycles. The first-order valence-electron chi connectivity index (χ1n) is 12.5. The van der Waals surface area contributed by atoms with Gasteiger partial charge in [0.2, 0.25) is 0 Å². The fourth-order valence-electron chi connectivity index (χ4n) is 4.12. The van der Waals surface area contributed by atoms with E-state index in [1.54, 1.807) is 16.7 Å². The third-order valence-corrected chi connectivity index (χ3v) is 8.69. The van der Waals surface area contributed by atoms with Crippen molar-refractivity contribution in [3.8, 4) is 0 Å². The second kappa shape index (κ2) is 11.1. The largest absolute Gasteiger partial charge is 0.421 e. The highest BCUT2D eigenvalue weighted by Crippen LogP contribution is 2.20. The lowest BCUT2D eigenvalue weighted by molar-refractivity contribution is 0.0850. The van der Waals surface area contributed by atoms with Gasteiger partial charge in [-0.1, -0.05) is 37.4 Å². The molecule has 0 N–H and O–H groups in total. The number of aryl methyl sites for hydroxylation is 1. The number of hydrogen-bond donors (Lipinski definition) is 0. The average molecular weight is 619 g/mol. The summed E-state index contributed by atoms with van der Waals surface area (Å²) in [5.41, 5.74) is 0.723. The van der Waals surface area contributed by atoms with Crippen LogP contribution in [0.3, 0.4) is 0 Å². The van der Waals surface area contributed by atoms with E-state index < -0.39 is 37.4 Å². The maximum atomic E-state index is 13.5. The van der Waals surface area contributed by atoms with Crippen LogP contribution in [0.4, 0.5) is 0 Å². The van der Waals surface area contributed by atoms with Gasteiger partial charge in [0.1, 0.15) is 6.73 Å². The number of Topliss-reactive ketones (excluding diaryl/α,β-unsaturated/α-hetero) is 1. The van der Waals surface area contributed by atoms with Crippen molar-refractivity contribution in [1.82, 2.24) is 23.3 Å². The Morgan fingerprint density at radius 2 is 1.85 bits per heavy atom. The van der Waals surface area contributed by atoms with Gasteiger partial charge in [0.05, 0.1) is 17.6 Å². The topological polar surface area (TPSA) is 123 Å². The van der Waals surface area contributed by atoms with Crippen LogP contribution in [0.25, 0.3) is 22.3 Å². The first-order chi connectivity index (χ1) is 18.3. The Morgan fingerprint density at radius 1 is 1.13 bits per heavy atom. The molecule has 4 rings (SSSR count). The van der Waals surface area contributed by atoms with Gasteiger partial charge in [0.25, 0.3) is 5.56 Å². The van der Waals surface area contributed by atoms with Crippen LogP contribution < -0.4 is 17.0 Å². The summed E-state index contributed by atoms with van der Waals surface area (Å²) in [5, 5.41) is 0. The molecule has 0 saturated heterocycles. The number of rotatable bonds is 10. The number of oxazole rings is 1. The normalized spacial score (nSPS) is 12.0. The predicted molar refractivity (Wildman–Crippen MR) is 155 cm³/mol. The van der Waals surface area contributed by atoms with E-state index in [1.165, 1.54) is 22.2 Å². The number of ether oxygens (including phenoxy) is 1. The van der Waals surface area contributed by atoms with E-state index in [9.17, 15) is 19.2 Å². The lowest BCUT2D eigenvalue weighted by Crippen LogP contribution is -2.41. The second-order valence-electron chi connectivity index (χ2n) is 10.9. The number of hydrogen-bond acceptors (Lipinski definition) is 7. The third kappa shape index (κ3) is 5.84. The molecule has 0 bridgehead atoms. The second-order valence-corrected chi connectivity index (χ2v) is 17.2. The van der Waals surface area contributed by atoms with Crippen molar-refractivity contribution in [2.75, 3.05) is 6.61 Å². The maximum absolute atomic E-state index is 13.5. The minimum Gasteiger partial charge on any atom is -0.407 e. The fourth-order valence-corrected chi connectivity index (χ4v) is 5.36. The van der Waals surface area contributed by atoms with E-state index in [4.69, 9.17) is 9.15 Å². The quantitative estimate of drug-likeness (QED) is 0.0873. The summed E-state index contributed by atoms with van der Waals surface area (Å²) in [7, 11) is 0.201. The van der Waals surface area contributed by atoms with Gasteiger partial charge in [-0.2, -0.15) is 0 Å². The zero-order valence-corrected chi connectivity index (χ0v) is 25.5. The van der Waals surface area contributed by atoms with Crippen LogP contribution in [0, 0.1) is 0 Å². The summed E-state index contributed by atoms with van der Waals surface area (Å²) in [6.45, 7) is 10.9. The minimum absolute atomic E-state index is 0.00479. The number of nitrogens with zero attached hydrogens (tertiary/aromatic N) is 5. The molecule has 4 aromatic rings. The molecule has 39 heavy (non-hydrogen) atoms. The summed E-state index contributed by atoms with van der Waals surface area (Å²) < 4.78 is 16.6. The van der Waals surface area contributed by atoms with Gasteiger partial charge in [-0.15, -0.1) is 0 Å². The summed E-state index contributed by atoms with van der Waals surface area (Å²) in [5.74, 6) is -1.20. The standard InChI is InChI=1S/C26H32BrN5O6Si/c1-16(2)10-11-30-20-22(28-24(30)27)29(3)25(35)31(23(20)34)14-19(33)17-8-7-9-18-21(17)38-26(36)32(18)15-37-12-13-39(4,5)6/h7-10H,11-15H2,1-6H3. The molecule has 0 fully saturated rings. The summed E-state index contributed by atoms with van der Waals surface area (Å²) in [6.07, 6.45) is 1.92. The van der Waals surface area contributed by atoms with Crippen LogP contribution in [-0.4, -0.2) is 43.7 Å². The molecule has 0 aliphatic heterocycles. The van der Waals surface area contributed by atoms with E-state index >= 15 is 0 Å². The monoisotopic (exact) mass is 617 g/mol. The molecule has 0 spiro atoms. The fraction of sp³-hybridized carbons (Fsp3) is 0.423. The summed E-state index contributed by atoms with van der Waals surface area (Å²) in [4.78, 5) is 57.0. The number of fused-ring (bicyclic) bond motifs is 2. The minimum atomic E-state index is -1.30. The molecule has 208 valence electrons. The first kappa shape index (κ1) is 28.7. The van der Waals surface area contributed by atoms with Crippen LogP contribution in [0.15, 0.2) is 53.4 Å². The van der Waals surface area contributed by atoms with E-state index in [0.717, 1.165) is 16.2 Å². The Hall–Kier alpha value is -3.29. The number of para-hydroxylation sites is 1. The van der Waals surface area contributed by atoms with Crippen molar-refractivity contribution in [3.05, 3.63) is 71.5 Å². The van der Waals surface area contributed by atoms with Gasteiger partial charge in [-0.25, -0.2) is 19.1 Å². The van der Waals surface area contributed by atoms with Gasteiger partial charge in [-0.05, 0) is 48.0 Å². The van der Waals surface area contributed by atoms with Crippen molar-refractivity contribution >= 4 is 52.1 Å². The number of carbonyl (C=O) groups excluding carboxylic acids is 1. The van der Waals surface area contributed by atoms with Crippen molar-refractivity contribution in [2.24, 2.45) is 7.05 Å². The van der Waals surface area contributed by atoms with Crippen molar-refractivity contribution in [3.63, 3.8) is 0 Å². The zero-order valence-electron chi connectivity index (χ0n) is 22.9. The molecule has 0 amide bonds. The molecule has 11 nitrogen and oxygen atoms in total. The highest BCUT2D eigenvalue weighted by atomic mass is 79.9. The van der Waals surface area contributed by atoms with Gasteiger partial charge in [-0.3, -0.25) is 18.7 Å². The predicted octanol–water partition coefficient (Wildman–Crippen LogP) is 3.73. The van der Waals surface area contributed by atoms with Crippen LogP contribution in [0.2, 0.25) is 25.7 Å². The highest BCUT2D eigenvalue weighted by molar-refractivity contribution is 9.10. The molecule has 13 heteroatoms. The molecule has 0 saturated carbocycles. The molecule has 0 radical (unpaired) electrons. The Kier molecular flexibility index (Phi) is 8.14. The Bertz CT molecular complexity index is 1780. The van der Waals surface area contributed by atoms with Crippen molar-refractivity contribution < 1.29 is 13.9 Å².